The number of carbonyl (C=O) groups excluding carboxylic acids is 1. The molecule has 1 aliphatic rings. The van der Waals surface area contributed by atoms with Crippen molar-refractivity contribution >= 4 is 21.8 Å². The van der Waals surface area contributed by atoms with Gasteiger partial charge in [-0.25, -0.2) is 13.2 Å². The highest BCUT2D eigenvalue weighted by Crippen LogP contribution is 2.12. The summed E-state index contributed by atoms with van der Waals surface area (Å²) in [5.74, 6) is -1.34. The third-order valence-electron chi connectivity index (χ3n) is 3.08. The van der Waals surface area contributed by atoms with Crippen LogP contribution >= 0.6 is 0 Å². The average molecular weight is 308 g/mol. The highest BCUT2D eigenvalue weighted by Gasteiger charge is 2.32. The summed E-state index contributed by atoms with van der Waals surface area (Å²) in [4.78, 5) is 23.8. The number of carboxylic acids is 1. The quantitative estimate of drug-likeness (QED) is 0.614. The van der Waals surface area contributed by atoms with Gasteiger partial charge < -0.3 is 20.4 Å². The van der Waals surface area contributed by atoms with Crippen LogP contribution in [0.25, 0.3) is 0 Å². The fourth-order valence-corrected chi connectivity index (χ4v) is 3.61. The second-order valence-corrected chi connectivity index (χ2v) is 7.61. The summed E-state index contributed by atoms with van der Waals surface area (Å²) in [7, 11) is -3.11. The van der Waals surface area contributed by atoms with Crippen LogP contribution in [0.15, 0.2) is 0 Å². The summed E-state index contributed by atoms with van der Waals surface area (Å²) in [5, 5.41) is 20.8. The first-order chi connectivity index (χ1) is 9.02. The SMILES string of the molecule is CC1CS(=O)(=O)CCN1C(=O)NCC(C)(O)CC(=O)O. The minimum Gasteiger partial charge on any atom is -0.481 e. The second-order valence-electron chi connectivity index (χ2n) is 5.38. The van der Waals surface area contributed by atoms with Crippen molar-refractivity contribution in [2.45, 2.75) is 31.9 Å². The lowest BCUT2D eigenvalue weighted by Gasteiger charge is -2.34. The number of nitrogens with one attached hydrogen (secondary N) is 1. The lowest BCUT2D eigenvalue weighted by Crippen LogP contribution is -2.55. The zero-order chi connectivity index (χ0) is 15.6. The first-order valence-corrected chi connectivity index (χ1v) is 8.04. The molecular weight excluding hydrogens is 288 g/mol. The van der Waals surface area contributed by atoms with Gasteiger partial charge in [-0.2, -0.15) is 0 Å². The number of aliphatic carboxylic acids is 1. The van der Waals surface area contributed by atoms with Gasteiger partial charge >= 0.3 is 12.0 Å². The molecule has 0 bridgehead atoms. The van der Waals surface area contributed by atoms with Crippen molar-refractivity contribution in [1.82, 2.24) is 10.2 Å². The first-order valence-electron chi connectivity index (χ1n) is 6.21. The number of rotatable bonds is 4. The predicted octanol–water partition coefficient (Wildman–Crippen LogP) is -0.959. The molecule has 20 heavy (non-hydrogen) atoms. The third-order valence-corrected chi connectivity index (χ3v) is 4.88. The summed E-state index contributed by atoms with van der Waals surface area (Å²) in [6.45, 7) is 2.82. The van der Waals surface area contributed by atoms with E-state index in [-0.39, 0.29) is 24.6 Å². The van der Waals surface area contributed by atoms with E-state index in [4.69, 9.17) is 5.11 Å². The number of amides is 2. The van der Waals surface area contributed by atoms with Crippen LogP contribution in [0.4, 0.5) is 4.79 Å². The van der Waals surface area contributed by atoms with Crippen LogP contribution in [0, 0.1) is 0 Å². The Hall–Kier alpha value is -1.35. The summed E-state index contributed by atoms with van der Waals surface area (Å²) in [6.07, 6.45) is -0.489. The van der Waals surface area contributed by atoms with Gasteiger partial charge in [0.1, 0.15) is 0 Å². The maximum Gasteiger partial charge on any atom is 0.317 e. The van der Waals surface area contributed by atoms with Crippen LogP contribution in [-0.4, -0.2) is 71.8 Å². The molecule has 1 saturated heterocycles. The van der Waals surface area contributed by atoms with Crippen LogP contribution in [-0.2, 0) is 14.6 Å². The van der Waals surface area contributed by atoms with Crippen molar-refractivity contribution in [3.8, 4) is 0 Å². The van der Waals surface area contributed by atoms with Crippen LogP contribution in [0.2, 0.25) is 0 Å². The lowest BCUT2D eigenvalue weighted by molar-refractivity contribution is -0.141. The van der Waals surface area contributed by atoms with Gasteiger partial charge in [0.25, 0.3) is 0 Å². The molecule has 0 aromatic carbocycles. The zero-order valence-corrected chi connectivity index (χ0v) is 12.3. The minimum atomic E-state index is -3.11. The Morgan fingerprint density at radius 3 is 2.55 bits per heavy atom. The molecule has 9 heteroatoms. The maximum absolute atomic E-state index is 11.9. The topological polar surface area (TPSA) is 124 Å². The molecule has 2 unspecified atom stereocenters. The van der Waals surface area contributed by atoms with Gasteiger partial charge in [-0.05, 0) is 13.8 Å². The summed E-state index contributed by atoms with van der Waals surface area (Å²) < 4.78 is 22.8. The van der Waals surface area contributed by atoms with E-state index < -0.39 is 39.9 Å². The number of carbonyl (C=O) groups is 2. The molecule has 1 heterocycles. The molecular formula is C11H20N2O6S. The molecule has 0 aliphatic carbocycles. The molecule has 8 nitrogen and oxygen atoms in total. The molecule has 3 N–H and O–H groups in total. The van der Waals surface area contributed by atoms with Crippen LogP contribution < -0.4 is 5.32 Å². The van der Waals surface area contributed by atoms with Crippen molar-refractivity contribution in [2.75, 3.05) is 24.6 Å². The van der Waals surface area contributed by atoms with Crippen molar-refractivity contribution in [1.29, 1.82) is 0 Å². The van der Waals surface area contributed by atoms with Gasteiger partial charge in [-0.1, -0.05) is 0 Å². The number of hydrogen-bond acceptors (Lipinski definition) is 5. The van der Waals surface area contributed by atoms with E-state index in [2.05, 4.69) is 5.32 Å². The summed E-state index contributed by atoms with van der Waals surface area (Å²) in [6, 6.07) is -0.948. The zero-order valence-electron chi connectivity index (χ0n) is 11.5. The number of nitrogens with zero attached hydrogens (tertiary/aromatic N) is 1. The number of hydrogen-bond donors (Lipinski definition) is 3. The molecule has 0 aromatic heterocycles. The molecule has 0 spiro atoms. The summed E-state index contributed by atoms with van der Waals surface area (Å²) >= 11 is 0. The van der Waals surface area contributed by atoms with Gasteiger partial charge in [-0.15, -0.1) is 0 Å². The molecule has 1 fully saturated rings. The molecule has 0 aromatic rings. The predicted molar refractivity (Wildman–Crippen MR) is 71.1 cm³/mol. The number of aliphatic hydroxyl groups is 1. The second kappa shape index (κ2) is 5.96. The van der Waals surface area contributed by atoms with E-state index in [1.807, 2.05) is 0 Å². The van der Waals surface area contributed by atoms with E-state index in [1.54, 1.807) is 6.92 Å². The fourth-order valence-electron chi connectivity index (χ4n) is 2.06. The van der Waals surface area contributed by atoms with Crippen molar-refractivity contribution in [3.05, 3.63) is 0 Å². The normalized spacial score (nSPS) is 24.8. The molecule has 2 amide bonds. The van der Waals surface area contributed by atoms with Gasteiger partial charge in [0.15, 0.2) is 9.84 Å². The Morgan fingerprint density at radius 1 is 1.45 bits per heavy atom. The van der Waals surface area contributed by atoms with Crippen molar-refractivity contribution in [3.63, 3.8) is 0 Å². The van der Waals surface area contributed by atoms with Crippen LogP contribution in [0.3, 0.4) is 0 Å². The van der Waals surface area contributed by atoms with Gasteiger partial charge in [0.2, 0.25) is 0 Å². The monoisotopic (exact) mass is 308 g/mol. The van der Waals surface area contributed by atoms with Gasteiger partial charge in [0, 0.05) is 19.1 Å². The molecule has 0 saturated carbocycles. The van der Waals surface area contributed by atoms with Crippen LogP contribution in [0.1, 0.15) is 20.3 Å². The molecule has 1 aliphatic heterocycles. The molecule has 1 rings (SSSR count). The number of sulfone groups is 1. The smallest absolute Gasteiger partial charge is 0.317 e. The standard InChI is InChI=1S/C11H20N2O6S/c1-8-6-20(18,19)4-3-13(8)10(16)12-7-11(2,17)5-9(14)15/h8,17H,3-7H2,1-2H3,(H,12,16)(H,14,15). The molecule has 0 radical (unpaired) electrons. The van der Waals surface area contributed by atoms with Gasteiger partial charge in [0.05, 0.1) is 23.5 Å². The van der Waals surface area contributed by atoms with E-state index in [0.717, 1.165) is 0 Å². The highest BCUT2D eigenvalue weighted by molar-refractivity contribution is 7.91. The Kier molecular flexibility index (Phi) is 4.98. The first kappa shape index (κ1) is 16.7. The molecule has 116 valence electrons. The summed E-state index contributed by atoms with van der Waals surface area (Å²) in [5.41, 5.74) is -1.55. The molecule has 2 atom stereocenters. The van der Waals surface area contributed by atoms with Gasteiger partial charge in [-0.3, -0.25) is 4.79 Å². The largest absolute Gasteiger partial charge is 0.481 e. The van der Waals surface area contributed by atoms with E-state index in [9.17, 15) is 23.1 Å². The third kappa shape index (κ3) is 4.97. The van der Waals surface area contributed by atoms with E-state index in [1.165, 1.54) is 11.8 Å². The van der Waals surface area contributed by atoms with E-state index in [0.29, 0.717) is 0 Å². The maximum atomic E-state index is 11.9. The Labute approximate surface area is 117 Å². The number of carboxylic acid groups (broad SMARTS) is 1. The van der Waals surface area contributed by atoms with Crippen molar-refractivity contribution in [2.24, 2.45) is 0 Å². The number of urea groups is 1. The fraction of sp³-hybridized carbons (Fsp3) is 0.818. The van der Waals surface area contributed by atoms with E-state index >= 15 is 0 Å². The van der Waals surface area contributed by atoms with Crippen molar-refractivity contribution < 1.29 is 28.2 Å². The Morgan fingerprint density at radius 2 is 2.05 bits per heavy atom. The average Bonchev–Trinajstić information content (AvgIpc) is 2.23. The van der Waals surface area contributed by atoms with Crippen LogP contribution in [0.5, 0.6) is 0 Å². The highest BCUT2D eigenvalue weighted by atomic mass is 32.2. The minimum absolute atomic E-state index is 0.0870. The Balaban J connectivity index is 2.53. The Bertz CT molecular complexity index is 487. The lowest BCUT2D eigenvalue weighted by atomic mass is 10.0.